The van der Waals surface area contributed by atoms with Crippen molar-refractivity contribution in [3.8, 4) is 0 Å². The van der Waals surface area contributed by atoms with Crippen molar-refractivity contribution in [1.82, 2.24) is 10.6 Å². The van der Waals surface area contributed by atoms with Crippen LogP contribution in [0.15, 0.2) is 0 Å². The molecule has 0 saturated heterocycles. The van der Waals surface area contributed by atoms with Crippen LogP contribution in [0, 0.1) is 0 Å². The number of amides is 2. The summed E-state index contributed by atoms with van der Waals surface area (Å²) in [5.74, 6) is -1.14. The van der Waals surface area contributed by atoms with Crippen LogP contribution in [0.25, 0.3) is 0 Å². The third-order valence-corrected chi connectivity index (χ3v) is 2.23. The lowest BCUT2D eigenvalue weighted by Gasteiger charge is -2.17. The predicted molar refractivity (Wildman–Crippen MR) is 47.6 cm³/mol. The molecule has 0 aliphatic heterocycles. The molecule has 0 bridgehead atoms. The Morgan fingerprint density at radius 3 is 2.38 bits per heavy atom. The maximum Gasteiger partial charge on any atom is 0.242 e. The van der Waals surface area contributed by atoms with Gasteiger partial charge in [-0.25, -0.2) is 0 Å². The van der Waals surface area contributed by atoms with Gasteiger partial charge in [0.05, 0.1) is 5.78 Å². The first kappa shape index (κ1) is 12.3. The van der Waals surface area contributed by atoms with Gasteiger partial charge in [-0.05, 0) is 13.8 Å². The highest BCUT2D eigenvalue weighted by Crippen LogP contribution is 2.27. The van der Waals surface area contributed by atoms with Crippen LogP contribution < -0.4 is 10.6 Å². The van der Waals surface area contributed by atoms with E-state index in [2.05, 4.69) is 10.6 Å². The molecule has 7 heteroatoms. The molecule has 0 saturated carbocycles. The Labute approximate surface area is 77.2 Å². The van der Waals surface area contributed by atoms with E-state index in [1.807, 2.05) is 0 Å². The fraction of sp³-hybridized carbons (Fsp3) is 0.667. The summed E-state index contributed by atoms with van der Waals surface area (Å²) in [6.07, 6.45) is 0.412. The lowest BCUT2D eigenvalue weighted by Crippen LogP contribution is -2.44. The lowest BCUT2D eigenvalue weighted by atomic mass is 10.3. The molecule has 0 radical (unpaired) electrons. The highest BCUT2D eigenvalue weighted by Gasteiger charge is 2.18. The minimum atomic E-state index is -2.18. The molecule has 0 aromatic carbocycles. The van der Waals surface area contributed by atoms with E-state index < -0.39 is 26.1 Å². The second kappa shape index (κ2) is 5.85. The van der Waals surface area contributed by atoms with Gasteiger partial charge in [-0.3, -0.25) is 9.59 Å². The maximum atomic E-state index is 11.1. The largest absolute Gasteiger partial charge is 0.349 e. The number of rotatable bonds is 5. The molecule has 0 heterocycles. The zero-order valence-corrected chi connectivity index (χ0v) is 8.28. The van der Waals surface area contributed by atoms with Crippen molar-refractivity contribution >= 4 is 20.7 Å². The van der Waals surface area contributed by atoms with Crippen molar-refractivity contribution in [3.05, 3.63) is 0 Å². The second-order valence-electron chi connectivity index (χ2n) is 2.51. The summed E-state index contributed by atoms with van der Waals surface area (Å²) in [7, 11) is -2.18. The number of nitrogens with one attached hydrogen (secondary N) is 2. The first-order valence-corrected chi connectivity index (χ1v) is 4.97. The minimum Gasteiger partial charge on any atom is -0.349 e. The normalized spacial score (nSPS) is 14.8. The van der Waals surface area contributed by atoms with Crippen LogP contribution in [0.3, 0.4) is 0 Å². The Bertz CT molecular complexity index is 187. The van der Waals surface area contributed by atoms with Crippen LogP contribution >= 0.6 is 8.38 Å². The molecule has 0 aromatic rings. The summed E-state index contributed by atoms with van der Waals surface area (Å²) >= 11 is 0. The molecule has 0 rings (SSSR count). The highest BCUT2D eigenvalue weighted by atomic mass is 31.2. The van der Waals surface area contributed by atoms with Gasteiger partial charge in [0.15, 0.2) is 8.38 Å². The van der Waals surface area contributed by atoms with E-state index in [9.17, 15) is 9.59 Å². The fourth-order valence-corrected chi connectivity index (χ4v) is 0.809. The molecule has 2 atom stereocenters. The summed E-state index contributed by atoms with van der Waals surface area (Å²) in [4.78, 5) is 38.5. The summed E-state index contributed by atoms with van der Waals surface area (Å²) < 4.78 is 0. The molecule has 0 aliphatic rings. The topological polar surface area (TPSA) is 98.7 Å². The Morgan fingerprint density at radius 2 is 2.00 bits per heavy atom. The zero-order valence-electron chi connectivity index (χ0n) is 7.39. The summed E-state index contributed by atoms with van der Waals surface area (Å²) in [6.45, 7) is 2.96. The monoisotopic (exact) mass is 208 g/mol. The van der Waals surface area contributed by atoms with Gasteiger partial charge in [0.2, 0.25) is 12.3 Å². The summed E-state index contributed by atoms with van der Waals surface area (Å²) in [5, 5.41) is 4.57. The van der Waals surface area contributed by atoms with Crippen LogP contribution in [-0.4, -0.2) is 33.9 Å². The van der Waals surface area contributed by atoms with Gasteiger partial charge < -0.3 is 20.4 Å². The standard InChI is InChI=1S/C6H13N2O4P/c1-4(7-3-9)6(10)8-5(2)13(11)12/h3-5,11-12H,1-2H3,(H,7,9)(H,8,10)/t4-,5?/m0/s1. The Hall–Kier alpha value is -0.710. The second-order valence-corrected chi connectivity index (χ2v) is 3.93. The van der Waals surface area contributed by atoms with E-state index in [1.54, 1.807) is 0 Å². The van der Waals surface area contributed by atoms with Crippen molar-refractivity contribution in [3.63, 3.8) is 0 Å². The van der Waals surface area contributed by atoms with Crippen molar-refractivity contribution < 1.29 is 19.4 Å². The van der Waals surface area contributed by atoms with Gasteiger partial charge in [-0.1, -0.05) is 0 Å². The molecule has 0 aromatic heterocycles. The lowest BCUT2D eigenvalue weighted by molar-refractivity contribution is -0.125. The first-order valence-electron chi connectivity index (χ1n) is 3.66. The molecule has 13 heavy (non-hydrogen) atoms. The highest BCUT2D eigenvalue weighted by molar-refractivity contribution is 7.45. The Balaban J connectivity index is 3.92. The van der Waals surface area contributed by atoms with Crippen LogP contribution in [-0.2, 0) is 9.59 Å². The molecular formula is C6H13N2O4P. The number of hydrogen-bond acceptors (Lipinski definition) is 4. The number of carbonyl (C=O) groups is 2. The van der Waals surface area contributed by atoms with E-state index in [0.29, 0.717) is 6.41 Å². The van der Waals surface area contributed by atoms with Gasteiger partial charge in [-0.2, -0.15) is 0 Å². The van der Waals surface area contributed by atoms with Gasteiger partial charge >= 0.3 is 0 Å². The van der Waals surface area contributed by atoms with Crippen molar-refractivity contribution in [2.45, 2.75) is 25.7 Å². The Morgan fingerprint density at radius 1 is 1.46 bits per heavy atom. The predicted octanol–water partition coefficient (Wildman–Crippen LogP) is -1.12. The average molecular weight is 208 g/mol. The molecule has 1 unspecified atom stereocenters. The van der Waals surface area contributed by atoms with Gasteiger partial charge in [0.1, 0.15) is 6.04 Å². The average Bonchev–Trinajstić information content (AvgIpc) is 2.04. The zero-order chi connectivity index (χ0) is 10.4. The molecule has 0 fully saturated rings. The molecule has 0 spiro atoms. The molecular weight excluding hydrogens is 195 g/mol. The molecule has 4 N–H and O–H groups in total. The molecule has 0 aliphatic carbocycles. The third kappa shape index (κ3) is 4.77. The minimum absolute atomic E-state index is 0.412. The first-order chi connectivity index (χ1) is 5.99. The molecule has 6 nitrogen and oxygen atoms in total. The van der Waals surface area contributed by atoms with Crippen molar-refractivity contribution in [2.24, 2.45) is 0 Å². The van der Waals surface area contributed by atoms with Gasteiger partial charge in [0, 0.05) is 0 Å². The number of hydrogen-bond donors (Lipinski definition) is 4. The smallest absolute Gasteiger partial charge is 0.242 e. The van der Waals surface area contributed by atoms with E-state index >= 15 is 0 Å². The van der Waals surface area contributed by atoms with Crippen molar-refractivity contribution in [1.29, 1.82) is 0 Å². The maximum absolute atomic E-state index is 11.1. The number of carbonyl (C=O) groups excluding carboxylic acids is 2. The Kier molecular flexibility index (Phi) is 5.53. The van der Waals surface area contributed by atoms with Crippen LogP contribution in [0.4, 0.5) is 0 Å². The fourth-order valence-electron chi connectivity index (χ4n) is 0.566. The van der Waals surface area contributed by atoms with Gasteiger partial charge in [-0.15, -0.1) is 0 Å². The van der Waals surface area contributed by atoms with E-state index in [0.717, 1.165) is 0 Å². The summed E-state index contributed by atoms with van der Waals surface area (Å²) in [6, 6.07) is -0.671. The van der Waals surface area contributed by atoms with E-state index in [4.69, 9.17) is 9.79 Å². The van der Waals surface area contributed by atoms with Crippen molar-refractivity contribution in [2.75, 3.05) is 0 Å². The van der Waals surface area contributed by atoms with Crippen LogP contribution in [0.1, 0.15) is 13.8 Å². The quantitative estimate of drug-likeness (QED) is 0.339. The SMILES string of the molecule is CC(NC(=O)[C@H](C)NC=O)P(O)O. The van der Waals surface area contributed by atoms with Gasteiger partial charge in [0.25, 0.3) is 0 Å². The van der Waals surface area contributed by atoms with Crippen LogP contribution in [0.5, 0.6) is 0 Å². The van der Waals surface area contributed by atoms with E-state index in [1.165, 1.54) is 13.8 Å². The molecule has 76 valence electrons. The molecule has 2 amide bonds. The van der Waals surface area contributed by atoms with E-state index in [-0.39, 0.29) is 0 Å². The third-order valence-electron chi connectivity index (χ3n) is 1.41. The summed E-state index contributed by atoms with van der Waals surface area (Å²) in [5.41, 5.74) is 0. The van der Waals surface area contributed by atoms with Crippen LogP contribution in [0.2, 0.25) is 0 Å².